The standard InChI is InChI=1S/C15H15N5O2S/c1-11-9-19(10-16-11)13-4-2-12(3-5-13)14-8-17-20-6-7-23(21,22)18-15(14)20/h2-5,8-10,18H,6-7H2,1H3. The largest absolute Gasteiger partial charge is 0.306 e. The van der Waals surface area contributed by atoms with Crippen molar-refractivity contribution in [3.8, 4) is 16.8 Å². The van der Waals surface area contributed by atoms with Gasteiger partial charge in [-0.3, -0.25) is 4.72 Å². The molecule has 0 spiro atoms. The SMILES string of the molecule is Cc1cn(-c2ccc(-c3cnn4c3NS(=O)(=O)CC4)cc2)cn1. The predicted octanol–water partition coefficient (Wildman–Crippen LogP) is 1.80. The third kappa shape index (κ3) is 2.50. The molecule has 3 heterocycles. The fraction of sp³-hybridized carbons (Fsp3) is 0.200. The molecule has 118 valence electrons. The Kier molecular flexibility index (Phi) is 3.02. The van der Waals surface area contributed by atoms with Gasteiger partial charge in [0.1, 0.15) is 5.82 Å². The lowest BCUT2D eigenvalue weighted by atomic mass is 10.1. The normalized spacial score (nSPS) is 15.9. The maximum absolute atomic E-state index is 11.8. The van der Waals surface area contributed by atoms with Crippen LogP contribution in [0, 0.1) is 6.92 Å². The van der Waals surface area contributed by atoms with Crippen molar-refractivity contribution in [2.24, 2.45) is 0 Å². The zero-order chi connectivity index (χ0) is 16.0. The summed E-state index contributed by atoms with van der Waals surface area (Å²) in [6.07, 6.45) is 5.41. The Morgan fingerprint density at radius 1 is 1.22 bits per heavy atom. The Morgan fingerprint density at radius 2 is 2.00 bits per heavy atom. The van der Waals surface area contributed by atoms with Crippen LogP contribution in [0.1, 0.15) is 5.69 Å². The molecule has 0 amide bonds. The number of sulfonamides is 1. The molecule has 0 unspecified atom stereocenters. The van der Waals surface area contributed by atoms with Gasteiger partial charge in [0.05, 0.1) is 30.5 Å². The molecule has 8 heteroatoms. The van der Waals surface area contributed by atoms with Gasteiger partial charge in [0.25, 0.3) is 0 Å². The maximum atomic E-state index is 11.8. The molecule has 1 N–H and O–H groups in total. The van der Waals surface area contributed by atoms with Gasteiger partial charge in [0, 0.05) is 17.4 Å². The summed E-state index contributed by atoms with van der Waals surface area (Å²) in [6, 6.07) is 7.84. The Balaban J connectivity index is 1.71. The van der Waals surface area contributed by atoms with E-state index in [1.807, 2.05) is 42.0 Å². The van der Waals surface area contributed by atoms with Crippen molar-refractivity contribution < 1.29 is 8.42 Å². The van der Waals surface area contributed by atoms with Crippen LogP contribution in [0.15, 0.2) is 43.0 Å². The van der Waals surface area contributed by atoms with Crippen LogP contribution in [0.5, 0.6) is 0 Å². The number of anilines is 1. The number of nitrogens with zero attached hydrogens (tertiary/aromatic N) is 4. The monoisotopic (exact) mass is 329 g/mol. The van der Waals surface area contributed by atoms with Gasteiger partial charge >= 0.3 is 0 Å². The van der Waals surface area contributed by atoms with Crippen molar-refractivity contribution >= 4 is 15.8 Å². The summed E-state index contributed by atoms with van der Waals surface area (Å²) in [5.74, 6) is 0.586. The summed E-state index contributed by atoms with van der Waals surface area (Å²) in [4.78, 5) is 4.21. The fourth-order valence-electron chi connectivity index (χ4n) is 2.65. The highest BCUT2D eigenvalue weighted by molar-refractivity contribution is 7.92. The topological polar surface area (TPSA) is 81.8 Å². The number of imidazole rings is 1. The number of nitrogens with one attached hydrogen (secondary N) is 1. The van der Waals surface area contributed by atoms with E-state index in [9.17, 15) is 8.42 Å². The molecule has 0 radical (unpaired) electrons. The van der Waals surface area contributed by atoms with Crippen molar-refractivity contribution in [1.82, 2.24) is 19.3 Å². The smallest absolute Gasteiger partial charge is 0.235 e. The van der Waals surface area contributed by atoms with E-state index in [4.69, 9.17) is 0 Å². The average Bonchev–Trinajstić information content (AvgIpc) is 3.12. The molecule has 3 aromatic rings. The first-order valence-electron chi connectivity index (χ1n) is 7.19. The van der Waals surface area contributed by atoms with Crippen LogP contribution >= 0.6 is 0 Å². The highest BCUT2D eigenvalue weighted by Gasteiger charge is 2.24. The molecular weight excluding hydrogens is 314 g/mol. The minimum atomic E-state index is -3.27. The zero-order valence-corrected chi connectivity index (χ0v) is 13.3. The molecule has 0 saturated heterocycles. The molecule has 1 aliphatic rings. The Hall–Kier alpha value is -2.61. The van der Waals surface area contributed by atoms with Crippen molar-refractivity contribution in [3.05, 3.63) is 48.7 Å². The predicted molar refractivity (Wildman–Crippen MR) is 86.9 cm³/mol. The molecular formula is C15H15N5O2S. The maximum Gasteiger partial charge on any atom is 0.235 e. The van der Waals surface area contributed by atoms with Gasteiger partial charge in [0.2, 0.25) is 10.0 Å². The molecule has 7 nitrogen and oxygen atoms in total. The van der Waals surface area contributed by atoms with E-state index in [0.29, 0.717) is 12.4 Å². The molecule has 0 aliphatic carbocycles. The van der Waals surface area contributed by atoms with Gasteiger partial charge in [-0.1, -0.05) is 12.1 Å². The van der Waals surface area contributed by atoms with Gasteiger partial charge in [-0.2, -0.15) is 5.10 Å². The summed E-state index contributed by atoms with van der Waals surface area (Å²) >= 11 is 0. The lowest BCUT2D eigenvalue weighted by molar-refractivity contribution is 0.577. The van der Waals surface area contributed by atoms with Crippen LogP contribution in [0.25, 0.3) is 16.8 Å². The third-order valence-electron chi connectivity index (χ3n) is 3.85. The Labute approximate surface area is 133 Å². The van der Waals surface area contributed by atoms with Crippen LogP contribution < -0.4 is 4.72 Å². The molecule has 2 aromatic heterocycles. The summed E-state index contributed by atoms with van der Waals surface area (Å²) in [5.41, 5.74) is 3.64. The van der Waals surface area contributed by atoms with Crippen molar-refractivity contribution in [2.75, 3.05) is 10.5 Å². The third-order valence-corrected chi connectivity index (χ3v) is 5.08. The number of hydrogen-bond donors (Lipinski definition) is 1. The average molecular weight is 329 g/mol. The summed E-state index contributed by atoms with van der Waals surface area (Å²) in [6.45, 7) is 2.31. The van der Waals surface area contributed by atoms with E-state index < -0.39 is 10.0 Å². The first-order valence-corrected chi connectivity index (χ1v) is 8.85. The highest BCUT2D eigenvalue weighted by Crippen LogP contribution is 2.31. The summed E-state index contributed by atoms with van der Waals surface area (Å²) in [7, 11) is -3.27. The van der Waals surface area contributed by atoms with E-state index in [2.05, 4.69) is 14.8 Å². The second-order valence-electron chi connectivity index (χ2n) is 5.52. The van der Waals surface area contributed by atoms with E-state index in [1.54, 1.807) is 17.2 Å². The molecule has 0 bridgehead atoms. The molecule has 0 saturated carbocycles. The molecule has 0 fully saturated rings. The number of aromatic nitrogens is 4. The van der Waals surface area contributed by atoms with E-state index in [-0.39, 0.29) is 5.75 Å². The molecule has 1 aromatic carbocycles. The number of hydrogen-bond acceptors (Lipinski definition) is 4. The van der Waals surface area contributed by atoms with Crippen molar-refractivity contribution in [3.63, 3.8) is 0 Å². The number of rotatable bonds is 2. The fourth-order valence-corrected chi connectivity index (χ4v) is 3.68. The van der Waals surface area contributed by atoms with E-state index in [1.165, 1.54) is 0 Å². The summed E-state index contributed by atoms with van der Waals surface area (Å²) in [5, 5.41) is 4.26. The second-order valence-corrected chi connectivity index (χ2v) is 7.36. The number of aryl methyl sites for hydroxylation is 2. The molecule has 4 rings (SSSR count). The Morgan fingerprint density at radius 3 is 2.70 bits per heavy atom. The van der Waals surface area contributed by atoms with Gasteiger partial charge in [0.15, 0.2) is 0 Å². The van der Waals surface area contributed by atoms with Gasteiger partial charge in [-0.15, -0.1) is 0 Å². The lowest BCUT2D eigenvalue weighted by Gasteiger charge is -2.17. The second kappa shape index (κ2) is 4.95. The van der Waals surface area contributed by atoms with Gasteiger partial charge in [-0.05, 0) is 24.6 Å². The van der Waals surface area contributed by atoms with Gasteiger partial charge in [-0.25, -0.2) is 18.1 Å². The van der Waals surface area contributed by atoms with Crippen LogP contribution in [-0.2, 0) is 16.6 Å². The Bertz CT molecular complexity index is 970. The van der Waals surface area contributed by atoms with Crippen LogP contribution in [0.3, 0.4) is 0 Å². The highest BCUT2D eigenvalue weighted by atomic mass is 32.2. The zero-order valence-electron chi connectivity index (χ0n) is 12.5. The molecule has 23 heavy (non-hydrogen) atoms. The van der Waals surface area contributed by atoms with Crippen molar-refractivity contribution in [1.29, 1.82) is 0 Å². The molecule has 1 aliphatic heterocycles. The first-order chi connectivity index (χ1) is 11.0. The van der Waals surface area contributed by atoms with Gasteiger partial charge < -0.3 is 4.57 Å². The minimum Gasteiger partial charge on any atom is -0.306 e. The van der Waals surface area contributed by atoms with E-state index >= 15 is 0 Å². The lowest BCUT2D eigenvalue weighted by Crippen LogP contribution is -2.28. The van der Waals surface area contributed by atoms with E-state index in [0.717, 1.165) is 22.5 Å². The van der Waals surface area contributed by atoms with Crippen molar-refractivity contribution in [2.45, 2.75) is 13.5 Å². The number of fused-ring (bicyclic) bond motifs is 1. The number of benzene rings is 1. The first kappa shape index (κ1) is 14.0. The van der Waals surface area contributed by atoms with Crippen LogP contribution in [-0.4, -0.2) is 33.5 Å². The van der Waals surface area contributed by atoms with Crippen LogP contribution in [0.2, 0.25) is 0 Å². The van der Waals surface area contributed by atoms with Crippen LogP contribution in [0.4, 0.5) is 5.82 Å². The molecule has 0 atom stereocenters. The summed E-state index contributed by atoms with van der Waals surface area (Å²) < 4.78 is 29.8. The minimum absolute atomic E-state index is 0.0556. The quantitative estimate of drug-likeness (QED) is 0.777.